The van der Waals surface area contributed by atoms with Gasteiger partial charge in [-0.3, -0.25) is 0 Å². The molecule has 59 valence electrons. The lowest BCUT2D eigenvalue weighted by Crippen LogP contribution is -2.01. The van der Waals surface area contributed by atoms with Gasteiger partial charge in [0.2, 0.25) is 0 Å². The molecule has 0 spiro atoms. The second-order valence-electron chi connectivity index (χ2n) is 2.74. The van der Waals surface area contributed by atoms with E-state index in [1.807, 2.05) is 37.3 Å². The van der Waals surface area contributed by atoms with Gasteiger partial charge in [0.05, 0.1) is 0 Å². The first-order chi connectivity index (χ1) is 5.33. The second-order valence-corrected chi connectivity index (χ2v) is 2.74. The number of benzene rings is 1. The molecule has 1 rings (SSSR count). The smallest absolute Gasteiger partial charge is 0.0462 e. The molecule has 0 aliphatic heterocycles. The van der Waals surface area contributed by atoms with E-state index in [-0.39, 0.29) is 12.5 Å². The third kappa shape index (κ3) is 2.72. The van der Waals surface area contributed by atoms with E-state index < -0.39 is 0 Å². The minimum absolute atomic E-state index is 0.217. The monoisotopic (exact) mass is 149 g/mol. The zero-order valence-electron chi connectivity index (χ0n) is 6.70. The minimum Gasteiger partial charge on any atom is -0.396 e. The van der Waals surface area contributed by atoms with Crippen molar-refractivity contribution in [3.63, 3.8) is 0 Å². The van der Waals surface area contributed by atoms with Crippen molar-refractivity contribution in [3.05, 3.63) is 42.3 Å². The van der Waals surface area contributed by atoms with Gasteiger partial charge in [0.25, 0.3) is 0 Å². The summed E-state index contributed by atoms with van der Waals surface area (Å²) in [7, 11) is 0. The van der Waals surface area contributed by atoms with Crippen LogP contribution in [0.1, 0.15) is 12.5 Å². The van der Waals surface area contributed by atoms with Crippen LogP contribution in [0.5, 0.6) is 0 Å². The molecule has 0 heterocycles. The predicted octanol–water partition coefficient (Wildman–Crippen LogP) is 1.87. The van der Waals surface area contributed by atoms with Crippen LogP contribution in [0.15, 0.2) is 30.3 Å². The summed E-state index contributed by atoms with van der Waals surface area (Å²) in [6, 6.07) is 10.0. The molecule has 1 aromatic rings. The van der Waals surface area contributed by atoms with Gasteiger partial charge >= 0.3 is 0 Å². The van der Waals surface area contributed by atoms with Crippen LogP contribution in [-0.2, 0) is 0 Å². The van der Waals surface area contributed by atoms with E-state index in [2.05, 4.69) is 6.42 Å². The number of rotatable bonds is 3. The summed E-state index contributed by atoms with van der Waals surface area (Å²) < 4.78 is 0. The van der Waals surface area contributed by atoms with Gasteiger partial charge in [-0.05, 0) is 17.9 Å². The van der Waals surface area contributed by atoms with Crippen molar-refractivity contribution in [1.29, 1.82) is 0 Å². The van der Waals surface area contributed by atoms with Crippen LogP contribution in [0.3, 0.4) is 0 Å². The molecule has 1 radical (unpaired) electrons. The SMILES string of the molecule is CC([CH]c1ccccc1)CO. The van der Waals surface area contributed by atoms with Gasteiger partial charge in [0, 0.05) is 6.61 Å². The Hall–Kier alpha value is -0.820. The Morgan fingerprint density at radius 2 is 2.00 bits per heavy atom. The van der Waals surface area contributed by atoms with Gasteiger partial charge in [-0.25, -0.2) is 0 Å². The fourth-order valence-electron chi connectivity index (χ4n) is 0.945. The Balaban J connectivity index is 2.51. The molecule has 0 aliphatic carbocycles. The summed E-state index contributed by atoms with van der Waals surface area (Å²) in [5.41, 5.74) is 1.18. The van der Waals surface area contributed by atoms with E-state index in [1.165, 1.54) is 5.56 Å². The quantitative estimate of drug-likeness (QED) is 0.695. The average molecular weight is 149 g/mol. The predicted molar refractivity (Wildman–Crippen MR) is 46.1 cm³/mol. The van der Waals surface area contributed by atoms with E-state index in [4.69, 9.17) is 5.11 Å². The van der Waals surface area contributed by atoms with E-state index in [1.54, 1.807) is 0 Å². The topological polar surface area (TPSA) is 20.2 Å². The highest BCUT2D eigenvalue weighted by molar-refractivity contribution is 5.22. The molecule has 11 heavy (non-hydrogen) atoms. The molecule has 1 aromatic carbocycles. The Labute approximate surface area is 67.7 Å². The lowest BCUT2D eigenvalue weighted by Gasteiger charge is -2.05. The highest BCUT2D eigenvalue weighted by Crippen LogP contribution is 2.09. The standard InChI is InChI=1S/C10H13O/c1-9(8-11)7-10-5-3-2-4-6-10/h2-7,9,11H,8H2,1H3. The van der Waals surface area contributed by atoms with Crippen molar-refractivity contribution >= 4 is 0 Å². The second kappa shape index (κ2) is 4.14. The van der Waals surface area contributed by atoms with Crippen LogP contribution < -0.4 is 0 Å². The van der Waals surface area contributed by atoms with Crippen molar-refractivity contribution in [2.75, 3.05) is 6.61 Å². The maximum atomic E-state index is 8.76. The van der Waals surface area contributed by atoms with E-state index >= 15 is 0 Å². The molecular formula is C10H13O. The normalized spacial score (nSPS) is 12.9. The molecular weight excluding hydrogens is 136 g/mol. The van der Waals surface area contributed by atoms with Crippen molar-refractivity contribution in [2.45, 2.75) is 6.92 Å². The zero-order chi connectivity index (χ0) is 8.10. The molecule has 1 N–H and O–H groups in total. The average Bonchev–Trinajstić information content (AvgIpc) is 2.06. The first-order valence-electron chi connectivity index (χ1n) is 3.83. The van der Waals surface area contributed by atoms with Crippen molar-refractivity contribution in [2.24, 2.45) is 5.92 Å². The van der Waals surface area contributed by atoms with E-state index in [9.17, 15) is 0 Å². The van der Waals surface area contributed by atoms with E-state index in [0.717, 1.165) is 0 Å². The lowest BCUT2D eigenvalue weighted by molar-refractivity contribution is 0.256. The summed E-state index contributed by atoms with van der Waals surface area (Å²) >= 11 is 0. The maximum Gasteiger partial charge on any atom is 0.0462 e. The Kier molecular flexibility index (Phi) is 3.12. The van der Waals surface area contributed by atoms with Crippen LogP contribution in [-0.4, -0.2) is 11.7 Å². The van der Waals surface area contributed by atoms with Gasteiger partial charge in [-0.15, -0.1) is 0 Å². The van der Waals surface area contributed by atoms with Crippen molar-refractivity contribution < 1.29 is 5.11 Å². The van der Waals surface area contributed by atoms with Gasteiger partial charge in [0.15, 0.2) is 0 Å². The summed E-state index contributed by atoms with van der Waals surface area (Å²) in [6.45, 7) is 2.21. The van der Waals surface area contributed by atoms with Gasteiger partial charge < -0.3 is 5.11 Å². The molecule has 0 fully saturated rings. The molecule has 1 unspecified atom stereocenters. The van der Waals surface area contributed by atoms with Crippen LogP contribution in [0.2, 0.25) is 0 Å². The van der Waals surface area contributed by atoms with Gasteiger partial charge in [-0.2, -0.15) is 0 Å². The lowest BCUT2D eigenvalue weighted by atomic mass is 10.0. The van der Waals surface area contributed by atoms with Crippen LogP contribution in [0.4, 0.5) is 0 Å². The van der Waals surface area contributed by atoms with E-state index in [0.29, 0.717) is 0 Å². The summed E-state index contributed by atoms with van der Waals surface area (Å²) in [5, 5.41) is 8.76. The third-order valence-electron chi connectivity index (χ3n) is 1.56. The minimum atomic E-state index is 0.217. The molecule has 0 bridgehead atoms. The molecule has 0 aliphatic rings. The summed E-state index contributed by atoms with van der Waals surface area (Å²) in [6.07, 6.45) is 2.06. The zero-order valence-corrected chi connectivity index (χ0v) is 6.70. The fraction of sp³-hybridized carbons (Fsp3) is 0.300. The number of hydrogen-bond donors (Lipinski definition) is 1. The molecule has 0 saturated carbocycles. The summed E-state index contributed by atoms with van der Waals surface area (Å²) in [4.78, 5) is 0. The highest BCUT2D eigenvalue weighted by Gasteiger charge is 2.00. The Morgan fingerprint density at radius 1 is 1.36 bits per heavy atom. The highest BCUT2D eigenvalue weighted by atomic mass is 16.3. The maximum absolute atomic E-state index is 8.76. The number of aliphatic hydroxyl groups excluding tert-OH is 1. The molecule has 0 saturated heterocycles. The van der Waals surface area contributed by atoms with Crippen molar-refractivity contribution in [1.82, 2.24) is 0 Å². The van der Waals surface area contributed by atoms with Crippen molar-refractivity contribution in [3.8, 4) is 0 Å². The van der Waals surface area contributed by atoms with Gasteiger partial charge in [0.1, 0.15) is 0 Å². The third-order valence-corrected chi connectivity index (χ3v) is 1.56. The molecule has 1 heteroatoms. The first-order valence-corrected chi connectivity index (χ1v) is 3.83. The Bertz CT molecular complexity index is 193. The van der Waals surface area contributed by atoms with Crippen LogP contribution in [0, 0.1) is 12.3 Å². The summed E-state index contributed by atoms with van der Waals surface area (Å²) in [5.74, 6) is 0.248. The molecule has 1 atom stereocenters. The van der Waals surface area contributed by atoms with Crippen LogP contribution in [0.25, 0.3) is 0 Å². The van der Waals surface area contributed by atoms with Gasteiger partial charge in [-0.1, -0.05) is 37.3 Å². The molecule has 0 aromatic heterocycles. The van der Waals surface area contributed by atoms with Crippen LogP contribution >= 0.6 is 0 Å². The number of hydrogen-bond acceptors (Lipinski definition) is 1. The molecule has 1 nitrogen and oxygen atoms in total. The number of aliphatic hydroxyl groups is 1. The molecule has 0 amide bonds. The fourth-order valence-corrected chi connectivity index (χ4v) is 0.945. The largest absolute Gasteiger partial charge is 0.396 e. The Morgan fingerprint density at radius 3 is 2.55 bits per heavy atom. The first kappa shape index (κ1) is 8.28.